The molecule has 16 atom stereocenters. The maximum absolute atomic E-state index is 14.9. The van der Waals surface area contributed by atoms with E-state index in [1.165, 1.54) is 78.9 Å². The second-order valence-electron chi connectivity index (χ2n) is 18.1. The molecule has 7 rings (SSSR count). The van der Waals surface area contributed by atoms with E-state index in [0.717, 1.165) is 6.08 Å². The van der Waals surface area contributed by atoms with E-state index in [1.54, 1.807) is 30.3 Å². The van der Waals surface area contributed by atoms with Gasteiger partial charge in [0.25, 0.3) is 0 Å². The summed E-state index contributed by atoms with van der Waals surface area (Å²) in [5.41, 5.74) is -1.05. The first kappa shape index (κ1) is 57.5. The molecule has 3 aliphatic heterocycles. The number of carbonyl (C=O) groups is 3. The molecule has 12 N–H and O–H groups in total. The van der Waals surface area contributed by atoms with Gasteiger partial charge in [-0.1, -0.05) is 66.7 Å². The number of rotatable bonds is 21. The minimum Gasteiger partial charge on any atom is -0.508 e. The van der Waals surface area contributed by atoms with E-state index in [4.69, 9.17) is 42.6 Å². The molecule has 0 bridgehead atoms. The molecule has 24 heteroatoms. The van der Waals surface area contributed by atoms with Gasteiger partial charge in [0.05, 0.1) is 26.2 Å². The number of ether oxygens (including phenoxy) is 9. The Morgan fingerprint density at radius 3 is 1.49 bits per heavy atom. The number of hydrogen-bond acceptors (Lipinski definition) is 24. The molecule has 4 aromatic carbocycles. The van der Waals surface area contributed by atoms with Gasteiger partial charge < -0.3 is 104 Å². The summed E-state index contributed by atoms with van der Waals surface area (Å²) in [5, 5.41) is 123. The van der Waals surface area contributed by atoms with E-state index >= 15 is 0 Å². The molecular formula is C52H60O24. The average Bonchev–Trinajstić information content (AvgIpc) is 3.42. The summed E-state index contributed by atoms with van der Waals surface area (Å²) in [6.07, 6.45) is -24.1. The van der Waals surface area contributed by atoms with Gasteiger partial charge in [0.15, 0.2) is 18.0 Å². The first-order valence-corrected chi connectivity index (χ1v) is 23.9. The lowest BCUT2D eigenvalue weighted by molar-refractivity contribution is -0.326. The fourth-order valence-electron chi connectivity index (χ4n) is 8.34. The van der Waals surface area contributed by atoms with Crippen LogP contribution in [0.3, 0.4) is 0 Å². The van der Waals surface area contributed by atoms with Gasteiger partial charge in [0.2, 0.25) is 12.6 Å². The van der Waals surface area contributed by atoms with Crippen molar-refractivity contribution >= 4 is 24.0 Å². The number of phenols is 1. The summed E-state index contributed by atoms with van der Waals surface area (Å²) in [5.74, 6) is -3.40. The molecule has 3 heterocycles. The number of esters is 3. The molecule has 24 nitrogen and oxygen atoms in total. The number of benzene rings is 4. The van der Waals surface area contributed by atoms with Crippen LogP contribution in [0.1, 0.15) is 28.7 Å². The predicted molar refractivity (Wildman–Crippen MR) is 255 cm³/mol. The summed E-state index contributed by atoms with van der Waals surface area (Å²) in [4.78, 5) is 42.4. The molecule has 1 unspecified atom stereocenters. The summed E-state index contributed by atoms with van der Waals surface area (Å²) >= 11 is 0. The third kappa shape index (κ3) is 14.2. The van der Waals surface area contributed by atoms with E-state index in [-0.39, 0.29) is 22.8 Å². The Labute approximate surface area is 433 Å². The summed E-state index contributed by atoms with van der Waals surface area (Å²) < 4.78 is 51.5. The summed E-state index contributed by atoms with van der Waals surface area (Å²) in [6, 6.07) is 25.3. The quantitative estimate of drug-likeness (QED) is 0.0244. The lowest BCUT2D eigenvalue weighted by Gasteiger charge is -2.44. The Bertz CT molecular complexity index is 2510. The topological polar surface area (TPSA) is 377 Å². The monoisotopic (exact) mass is 1070 g/mol. The smallest absolute Gasteiger partial charge is 0.339 e. The highest BCUT2D eigenvalue weighted by molar-refractivity contribution is 5.87. The molecule has 0 spiro atoms. The first-order valence-electron chi connectivity index (χ1n) is 23.9. The van der Waals surface area contributed by atoms with Crippen molar-refractivity contribution in [3.05, 3.63) is 131 Å². The minimum absolute atomic E-state index is 0.0796. The van der Waals surface area contributed by atoms with Crippen molar-refractivity contribution in [3.63, 3.8) is 0 Å². The molecule has 0 saturated carbocycles. The van der Waals surface area contributed by atoms with Crippen molar-refractivity contribution in [3.8, 4) is 17.2 Å². The van der Waals surface area contributed by atoms with Crippen LogP contribution in [0.15, 0.2) is 109 Å². The zero-order valence-electron chi connectivity index (χ0n) is 40.3. The van der Waals surface area contributed by atoms with Gasteiger partial charge in [-0.05, 0) is 64.7 Å². The van der Waals surface area contributed by atoms with Crippen LogP contribution in [0.25, 0.3) is 6.08 Å². The molecule has 0 amide bonds. The van der Waals surface area contributed by atoms with Crippen molar-refractivity contribution < 1.29 is 118 Å². The van der Waals surface area contributed by atoms with Crippen LogP contribution >= 0.6 is 0 Å². The molecule has 3 fully saturated rings. The standard InChI is InChI=1S/C52H60O24/c53-22-34-39(59)42(62)45(65)48(72-34)70-32-15-8-29(9-16-32)25-68-38(58)21-52(20-28-6-13-31(56)14-7-28,51(67)69-26-30-10-17-33(18-11-30)71-49-46(66)43(63)40(60)35(23-54)73-49)76-50-47(44(64)41(61)36(24-55)74-50)75-37(57)19-12-27-4-2-1-3-5-27/h1-19,34-36,39-50,53-56,59-66H,20-26H2/t34-,35-,36-,39-,40-,41-,42+,43+,44+,45-,46-,47-,48-,49-,50+,52?/m1/s1. The van der Waals surface area contributed by atoms with Crippen LogP contribution in [0.5, 0.6) is 17.2 Å². The molecular weight excluding hydrogens is 1010 g/mol. The number of carbonyl (C=O) groups excluding carboxylic acids is 3. The van der Waals surface area contributed by atoms with Crippen LogP contribution in [0, 0.1) is 0 Å². The number of aromatic hydroxyl groups is 1. The van der Waals surface area contributed by atoms with Crippen molar-refractivity contribution in [1.82, 2.24) is 0 Å². The van der Waals surface area contributed by atoms with Gasteiger partial charge in [0.1, 0.15) is 97.6 Å². The third-order valence-corrected chi connectivity index (χ3v) is 12.7. The molecule has 3 aliphatic rings. The molecule has 412 valence electrons. The van der Waals surface area contributed by atoms with Gasteiger partial charge in [-0.15, -0.1) is 0 Å². The predicted octanol–water partition coefficient (Wildman–Crippen LogP) is -2.01. The second kappa shape index (κ2) is 26.3. The lowest BCUT2D eigenvalue weighted by atomic mass is 9.89. The average molecular weight is 1070 g/mol. The fourth-order valence-corrected chi connectivity index (χ4v) is 8.34. The molecule has 0 aromatic heterocycles. The van der Waals surface area contributed by atoms with E-state index in [2.05, 4.69) is 0 Å². The number of aliphatic hydroxyl groups excluding tert-OH is 11. The van der Waals surface area contributed by atoms with Crippen molar-refractivity contribution in [2.24, 2.45) is 0 Å². The van der Waals surface area contributed by atoms with Crippen LogP contribution in [0.2, 0.25) is 0 Å². The second-order valence-corrected chi connectivity index (χ2v) is 18.1. The van der Waals surface area contributed by atoms with E-state index < -0.39 is 162 Å². The van der Waals surface area contributed by atoms with Crippen molar-refractivity contribution in [2.75, 3.05) is 19.8 Å². The zero-order valence-corrected chi connectivity index (χ0v) is 40.3. The number of hydrogen-bond donors (Lipinski definition) is 12. The first-order chi connectivity index (χ1) is 36.4. The maximum Gasteiger partial charge on any atom is 0.339 e. The Morgan fingerprint density at radius 1 is 0.526 bits per heavy atom. The molecule has 0 aliphatic carbocycles. The van der Waals surface area contributed by atoms with Crippen molar-refractivity contribution in [1.29, 1.82) is 0 Å². The summed E-state index contributed by atoms with van der Waals surface area (Å²) in [6.45, 7) is -3.25. The highest BCUT2D eigenvalue weighted by Crippen LogP contribution is 2.35. The maximum atomic E-state index is 14.9. The Balaban J connectivity index is 1.15. The molecule has 4 aromatic rings. The number of phenolic OH excluding ortho intramolecular Hbond substituents is 1. The lowest BCUT2D eigenvalue weighted by Crippen LogP contribution is -2.63. The van der Waals surface area contributed by atoms with Crippen LogP contribution < -0.4 is 9.47 Å². The van der Waals surface area contributed by atoms with Crippen LogP contribution in [-0.2, 0) is 67.2 Å². The van der Waals surface area contributed by atoms with Crippen LogP contribution in [-0.4, -0.2) is 197 Å². The largest absolute Gasteiger partial charge is 0.508 e. The molecule has 76 heavy (non-hydrogen) atoms. The molecule has 0 radical (unpaired) electrons. The number of aliphatic hydroxyl groups is 11. The third-order valence-electron chi connectivity index (χ3n) is 12.7. The highest BCUT2D eigenvalue weighted by atomic mass is 16.7. The Morgan fingerprint density at radius 2 is 0.987 bits per heavy atom. The fraction of sp³-hybridized carbons (Fsp3) is 0.442. The molecule has 3 saturated heterocycles. The Hall–Kier alpha value is -6.17. The van der Waals surface area contributed by atoms with E-state index in [0.29, 0.717) is 16.7 Å². The summed E-state index contributed by atoms with van der Waals surface area (Å²) in [7, 11) is 0. The van der Waals surface area contributed by atoms with Crippen LogP contribution in [0.4, 0.5) is 0 Å². The zero-order chi connectivity index (χ0) is 54.7. The van der Waals surface area contributed by atoms with Crippen molar-refractivity contribution in [2.45, 2.75) is 124 Å². The van der Waals surface area contributed by atoms with E-state index in [9.17, 15) is 75.7 Å². The highest BCUT2D eigenvalue weighted by Gasteiger charge is 2.54. The van der Waals surface area contributed by atoms with Gasteiger partial charge in [-0.25, -0.2) is 9.59 Å². The van der Waals surface area contributed by atoms with E-state index in [1.807, 2.05) is 0 Å². The van der Waals surface area contributed by atoms with Gasteiger partial charge >= 0.3 is 17.9 Å². The SMILES string of the molecule is O=C(C=Cc1ccccc1)O[C@H]1[C@H](OC(CC(=O)OCc2ccc(O[C@@H]3O[C@H](CO)[C@@H](O)[C@H](O)[C@H]3O)cc2)(Cc2ccc(O)cc2)C(=O)OCc2ccc(O[C@@H]3O[C@H](CO)[C@@H](O)[C@H](O)[C@H]3O)cc2)O[C@H](CO)[C@@H](O)[C@@H]1O. The normalized spacial score (nSPS) is 30.4. The van der Waals surface area contributed by atoms with Gasteiger partial charge in [0, 0.05) is 12.5 Å². The van der Waals surface area contributed by atoms with Gasteiger partial charge in [-0.3, -0.25) is 4.79 Å². The minimum atomic E-state index is -2.56. The van der Waals surface area contributed by atoms with Gasteiger partial charge in [-0.2, -0.15) is 0 Å². The Kier molecular flexibility index (Phi) is 19.9.